The molecule has 0 saturated carbocycles. The zero-order valence-corrected chi connectivity index (χ0v) is 10.8. The Hall–Kier alpha value is -2.74. The first kappa shape index (κ1) is 11.1. The zero-order valence-electron chi connectivity index (χ0n) is 10.8. The van der Waals surface area contributed by atoms with E-state index in [1.54, 1.807) is 0 Å². The van der Waals surface area contributed by atoms with E-state index in [4.69, 9.17) is 0 Å². The summed E-state index contributed by atoms with van der Waals surface area (Å²) < 4.78 is 2.18. The van der Waals surface area contributed by atoms with Gasteiger partial charge in [0, 0.05) is 17.0 Å². The maximum atomic E-state index is 10.1. The second-order valence-electron chi connectivity index (χ2n) is 4.89. The van der Waals surface area contributed by atoms with Crippen molar-refractivity contribution in [3.63, 3.8) is 0 Å². The summed E-state index contributed by atoms with van der Waals surface area (Å²) in [4.78, 5) is 0. The van der Waals surface area contributed by atoms with Gasteiger partial charge in [-0.25, -0.2) is 0 Å². The van der Waals surface area contributed by atoms with E-state index >= 15 is 0 Å². The number of benzene rings is 2. The fourth-order valence-corrected chi connectivity index (χ4v) is 2.77. The van der Waals surface area contributed by atoms with Gasteiger partial charge in [0.15, 0.2) is 0 Å². The quantitative estimate of drug-likeness (QED) is 0.536. The minimum Gasteiger partial charge on any atom is -0.507 e. The molecule has 2 nitrogen and oxygen atoms in total. The maximum Gasteiger partial charge on any atom is 0.127 e. The Labute approximate surface area is 116 Å². The molecular weight excluding hydrogens is 246 g/mol. The molecule has 0 bridgehead atoms. The van der Waals surface area contributed by atoms with Gasteiger partial charge < -0.3 is 9.51 Å². The largest absolute Gasteiger partial charge is 0.507 e. The van der Waals surface area contributed by atoms with Crippen LogP contribution in [0.3, 0.4) is 0 Å². The number of pyridine rings is 1. The molecule has 2 aromatic carbocycles. The summed E-state index contributed by atoms with van der Waals surface area (Å²) >= 11 is 0. The molecule has 2 heterocycles. The van der Waals surface area contributed by atoms with Crippen molar-refractivity contribution in [3.8, 4) is 17.0 Å². The maximum absolute atomic E-state index is 10.1. The van der Waals surface area contributed by atoms with E-state index in [9.17, 15) is 5.11 Å². The summed E-state index contributed by atoms with van der Waals surface area (Å²) in [5.41, 5.74) is 4.33. The average molecular weight is 259 g/mol. The Bertz CT molecular complexity index is 907. The van der Waals surface area contributed by atoms with Crippen LogP contribution in [0.15, 0.2) is 72.8 Å². The van der Waals surface area contributed by atoms with Gasteiger partial charge in [-0.3, -0.25) is 0 Å². The number of fused-ring (bicyclic) bond motifs is 3. The average Bonchev–Trinajstić information content (AvgIpc) is 2.92. The van der Waals surface area contributed by atoms with Gasteiger partial charge in [-0.2, -0.15) is 0 Å². The summed E-state index contributed by atoms with van der Waals surface area (Å²) in [6.07, 6.45) is 0. The van der Waals surface area contributed by atoms with Crippen molar-refractivity contribution in [2.24, 2.45) is 0 Å². The smallest absolute Gasteiger partial charge is 0.127 e. The molecule has 0 spiro atoms. The third-order valence-electron chi connectivity index (χ3n) is 3.69. The SMILES string of the molecule is Oc1cc2ccc(-c3ccccc3)n2c2ccccc12. The standard InChI is InChI=1S/C18H13NO/c20-18-12-14-10-11-16(13-6-2-1-3-7-13)19(14)17-9-5-4-8-15(17)18/h1-12,20H. The highest BCUT2D eigenvalue weighted by atomic mass is 16.3. The van der Waals surface area contributed by atoms with Crippen molar-refractivity contribution < 1.29 is 5.11 Å². The molecule has 2 aromatic heterocycles. The summed E-state index contributed by atoms with van der Waals surface area (Å²) in [6, 6.07) is 24.2. The van der Waals surface area contributed by atoms with E-state index in [0.717, 1.165) is 22.1 Å². The lowest BCUT2D eigenvalue weighted by atomic mass is 10.1. The zero-order chi connectivity index (χ0) is 13.5. The molecule has 1 N–H and O–H groups in total. The highest BCUT2D eigenvalue weighted by Crippen LogP contribution is 2.32. The van der Waals surface area contributed by atoms with Gasteiger partial charge in [-0.05, 0) is 29.8 Å². The molecule has 0 radical (unpaired) electrons. The van der Waals surface area contributed by atoms with Crippen LogP contribution in [-0.4, -0.2) is 9.51 Å². The van der Waals surface area contributed by atoms with Crippen LogP contribution in [0.2, 0.25) is 0 Å². The lowest BCUT2D eigenvalue weighted by Gasteiger charge is -2.09. The Morgan fingerprint density at radius 3 is 2.35 bits per heavy atom. The second kappa shape index (κ2) is 4.14. The summed E-state index contributed by atoms with van der Waals surface area (Å²) in [5, 5.41) is 11.0. The van der Waals surface area contributed by atoms with Gasteiger partial charge in [0.2, 0.25) is 0 Å². The lowest BCUT2D eigenvalue weighted by molar-refractivity contribution is 0.482. The number of para-hydroxylation sites is 1. The second-order valence-corrected chi connectivity index (χ2v) is 4.89. The summed E-state index contributed by atoms with van der Waals surface area (Å²) in [5.74, 6) is 0.325. The van der Waals surface area contributed by atoms with Crippen LogP contribution in [0, 0.1) is 0 Å². The van der Waals surface area contributed by atoms with Gasteiger partial charge in [0.05, 0.1) is 11.2 Å². The van der Waals surface area contributed by atoms with Crippen LogP contribution in [0.5, 0.6) is 5.75 Å². The fraction of sp³-hybridized carbons (Fsp3) is 0. The molecule has 0 aliphatic heterocycles. The molecular formula is C18H13NO. The molecule has 4 rings (SSSR count). The molecule has 4 aromatic rings. The minimum atomic E-state index is 0.325. The van der Waals surface area contributed by atoms with Crippen LogP contribution < -0.4 is 0 Å². The predicted octanol–water partition coefficient (Wildman–Crippen LogP) is 4.47. The van der Waals surface area contributed by atoms with E-state index < -0.39 is 0 Å². The van der Waals surface area contributed by atoms with E-state index in [0.29, 0.717) is 5.75 Å². The number of nitrogens with zero attached hydrogens (tertiary/aromatic N) is 1. The molecule has 0 atom stereocenters. The van der Waals surface area contributed by atoms with Gasteiger partial charge >= 0.3 is 0 Å². The number of hydrogen-bond donors (Lipinski definition) is 1. The minimum absolute atomic E-state index is 0.325. The fourth-order valence-electron chi connectivity index (χ4n) is 2.77. The monoisotopic (exact) mass is 259 g/mol. The molecule has 0 saturated heterocycles. The number of aromatic nitrogens is 1. The van der Waals surface area contributed by atoms with Crippen LogP contribution in [0.1, 0.15) is 0 Å². The van der Waals surface area contributed by atoms with E-state index in [-0.39, 0.29) is 0 Å². The third kappa shape index (κ3) is 1.51. The van der Waals surface area contributed by atoms with Crippen molar-refractivity contribution >= 4 is 16.4 Å². The van der Waals surface area contributed by atoms with E-state index in [2.05, 4.69) is 22.6 Å². The molecule has 0 amide bonds. The van der Waals surface area contributed by atoms with Gasteiger partial charge in [0.1, 0.15) is 5.75 Å². The van der Waals surface area contributed by atoms with Crippen LogP contribution in [0.25, 0.3) is 27.7 Å². The molecule has 0 fully saturated rings. The molecule has 96 valence electrons. The lowest BCUT2D eigenvalue weighted by Crippen LogP contribution is -1.91. The van der Waals surface area contributed by atoms with Crippen molar-refractivity contribution in [2.75, 3.05) is 0 Å². The molecule has 20 heavy (non-hydrogen) atoms. The normalized spacial score (nSPS) is 11.2. The highest BCUT2D eigenvalue weighted by Gasteiger charge is 2.10. The topological polar surface area (TPSA) is 24.6 Å². The molecule has 2 heteroatoms. The van der Waals surface area contributed by atoms with Gasteiger partial charge in [-0.1, -0.05) is 42.5 Å². The summed E-state index contributed by atoms with van der Waals surface area (Å²) in [7, 11) is 0. The van der Waals surface area contributed by atoms with Crippen molar-refractivity contribution in [3.05, 3.63) is 72.8 Å². The number of hydrogen-bond acceptors (Lipinski definition) is 1. The van der Waals surface area contributed by atoms with Gasteiger partial charge in [0.25, 0.3) is 0 Å². The van der Waals surface area contributed by atoms with E-state index in [1.165, 1.54) is 5.56 Å². The molecule has 0 aliphatic carbocycles. The van der Waals surface area contributed by atoms with Crippen LogP contribution >= 0.6 is 0 Å². The molecule has 0 unspecified atom stereocenters. The first-order valence-corrected chi connectivity index (χ1v) is 6.62. The van der Waals surface area contributed by atoms with E-state index in [1.807, 2.05) is 54.6 Å². The Kier molecular flexibility index (Phi) is 2.30. The Balaban J connectivity index is 2.17. The predicted molar refractivity (Wildman–Crippen MR) is 82.0 cm³/mol. The number of aromatic hydroxyl groups is 1. The third-order valence-corrected chi connectivity index (χ3v) is 3.69. The molecule has 0 aliphatic rings. The summed E-state index contributed by atoms with van der Waals surface area (Å²) in [6.45, 7) is 0. The first-order chi connectivity index (χ1) is 9.84. The van der Waals surface area contributed by atoms with Crippen molar-refractivity contribution in [2.45, 2.75) is 0 Å². The van der Waals surface area contributed by atoms with Crippen molar-refractivity contribution in [1.82, 2.24) is 4.40 Å². The highest BCUT2D eigenvalue weighted by molar-refractivity contribution is 5.91. The van der Waals surface area contributed by atoms with Gasteiger partial charge in [-0.15, -0.1) is 0 Å². The number of rotatable bonds is 1. The van der Waals surface area contributed by atoms with Crippen LogP contribution in [-0.2, 0) is 0 Å². The Morgan fingerprint density at radius 1 is 0.750 bits per heavy atom. The van der Waals surface area contributed by atoms with Crippen LogP contribution in [0.4, 0.5) is 0 Å². The van der Waals surface area contributed by atoms with Crippen molar-refractivity contribution in [1.29, 1.82) is 0 Å². The Morgan fingerprint density at radius 2 is 1.50 bits per heavy atom. The first-order valence-electron chi connectivity index (χ1n) is 6.62.